The fourth-order valence-electron chi connectivity index (χ4n) is 2.72. The maximum Gasteiger partial charge on any atom is 0.419 e. The minimum atomic E-state index is -3.71. The predicted octanol–water partition coefficient (Wildman–Crippen LogP) is 2.75. The number of carbonyl (C=O) groups is 1. The largest absolute Gasteiger partial charge is 0.462 e. The van der Waals surface area contributed by atoms with Crippen LogP contribution in [0.5, 0.6) is 0 Å². The molecule has 0 aliphatic carbocycles. The number of fused-ring (bicyclic) bond motifs is 1. The maximum absolute atomic E-state index is 12.4. The Morgan fingerprint density at radius 1 is 1.21 bits per heavy atom. The second-order valence-electron chi connectivity index (χ2n) is 6.41. The van der Waals surface area contributed by atoms with E-state index in [0.29, 0.717) is 24.1 Å². The Bertz CT molecular complexity index is 1210. The first-order chi connectivity index (χ1) is 13.7. The van der Waals surface area contributed by atoms with E-state index in [1.165, 1.54) is 36.9 Å². The van der Waals surface area contributed by atoms with Gasteiger partial charge in [0.2, 0.25) is 10.0 Å². The number of sulfonamides is 1. The number of oxazole rings is 1. The third kappa shape index (κ3) is 4.36. The molecule has 0 N–H and O–H groups in total. The average molecular weight is 439 g/mol. The van der Waals surface area contributed by atoms with Gasteiger partial charge in [0.05, 0.1) is 27.6 Å². The molecule has 0 saturated heterocycles. The van der Waals surface area contributed by atoms with Gasteiger partial charge in [-0.05, 0) is 36.8 Å². The van der Waals surface area contributed by atoms with E-state index in [2.05, 4.69) is 0 Å². The van der Waals surface area contributed by atoms with E-state index in [9.17, 15) is 18.0 Å². The third-order valence-electron chi connectivity index (χ3n) is 4.27. The lowest BCUT2D eigenvalue weighted by molar-refractivity contribution is 0.0496. The molecule has 1 aromatic heterocycles. The molecular weight excluding hydrogens is 420 g/mol. The fraction of sp³-hybridized carbons (Fsp3) is 0.263. The fourth-order valence-corrected chi connectivity index (χ4v) is 3.85. The van der Waals surface area contributed by atoms with Crippen molar-refractivity contribution in [2.45, 2.75) is 17.9 Å². The zero-order valence-corrected chi connectivity index (χ0v) is 17.4. The molecule has 0 radical (unpaired) electrons. The molecule has 0 atom stereocenters. The summed E-state index contributed by atoms with van der Waals surface area (Å²) in [5.41, 5.74) is 1.11. The number of carbonyl (C=O) groups excluding carboxylic acids is 1. The van der Waals surface area contributed by atoms with Gasteiger partial charge < -0.3 is 9.15 Å². The summed E-state index contributed by atoms with van der Waals surface area (Å²) in [5.74, 6) is -1.22. The number of aryl methyl sites for hydroxylation is 1. The molecule has 29 heavy (non-hydrogen) atoms. The number of aromatic nitrogens is 1. The van der Waals surface area contributed by atoms with Crippen molar-refractivity contribution < 1.29 is 22.4 Å². The van der Waals surface area contributed by atoms with Crippen LogP contribution in [0.1, 0.15) is 16.8 Å². The molecule has 0 saturated carbocycles. The number of para-hydroxylation sites is 2. The Morgan fingerprint density at radius 2 is 1.93 bits per heavy atom. The number of esters is 1. The molecule has 0 unspecified atom stereocenters. The van der Waals surface area contributed by atoms with Gasteiger partial charge in [-0.3, -0.25) is 4.57 Å². The van der Waals surface area contributed by atoms with Crippen LogP contribution in [0.25, 0.3) is 11.1 Å². The average Bonchev–Trinajstić information content (AvgIpc) is 3.00. The number of halogens is 1. The van der Waals surface area contributed by atoms with Crippen molar-refractivity contribution in [1.82, 2.24) is 8.87 Å². The second kappa shape index (κ2) is 8.40. The topological polar surface area (TPSA) is 98.8 Å². The number of hydrogen-bond donors (Lipinski definition) is 0. The van der Waals surface area contributed by atoms with E-state index in [1.54, 1.807) is 24.3 Å². The van der Waals surface area contributed by atoms with Crippen molar-refractivity contribution in [3.05, 3.63) is 63.6 Å². The molecule has 0 aliphatic heterocycles. The van der Waals surface area contributed by atoms with Gasteiger partial charge in [-0.1, -0.05) is 23.7 Å². The van der Waals surface area contributed by atoms with Crippen LogP contribution in [0, 0.1) is 0 Å². The highest BCUT2D eigenvalue weighted by Gasteiger charge is 2.21. The van der Waals surface area contributed by atoms with E-state index in [-0.39, 0.29) is 22.1 Å². The Morgan fingerprint density at radius 3 is 2.66 bits per heavy atom. The molecule has 1 heterocycles. The van der Waals surface area contributed by atoms with E-state index in [0.717, 1.165) is 4.31 Å². The summed E-state index contributed by atoms with van der Waals surface area (Å²) < 4.78 is 37.3. The number of ether oxygens (including phenoxy) is 1. The molecule has 0 aliphatic rings. The van der Waals surface area contributed by atoms with Crippen LogP contribution in [0.15, 0.2) is 56.6 Å². The van der Waals surface area contributed by atoms with Crippen LogP contribution < -0.4 is 5.76 Å². The van der Waals surface area contributed by atoms with E-state index in [4.69, 9.17) is 20.8 Å². The number of nitrogens with zero attached hydrogens (tertiary/aromatic N) is 2. The summed E-state index contributed by atoms with van der Waals surface area (Å²) in [6.45, 7) is 0.317. The van der Waals surface area contributed by atoms with E-state index < -0.39 is 21.7 Å². The molecule has 0 amide bonds. The minimum absolute atomic E-state index is 0.0196. The van der Waals surface area contributed by atoms with Gasteiger partial charge in [0.1, 0.15) is 0 Å². The minimum Gasteiger partial charge on any atom is -0.462 e. The predicted molar refractivity (Wildman–Crippen MR) is 108 cm³/mol. The monoisotopic (exact) mass is 438 g/mol. The summed E-state index contributed by atoms with van der Waals surface area (Å²) in [4.78, 5) is 24.2. The smallest absolute Gasteiger partial charge is 0.419 e. The zero-order chi connectivity index (χ0) is 21.2. The van der Waals surface area contributed by atoms with Crippen LogP contribution in [-0.2, 0) is 21.3 Å². The molecule has 0 spiro atoms. The van der Waals surface area contributed by atoms with Crippen molar-refractivity contribution in [3.8, 4) is 0 Å². The van der Waals surface area contributed by atoms with Crippen LogP contribution >= 0.6 is 11.6 Å². The lowest BCUT2D eigenvalue weighted by Crippen LogP contribution is -2.22. The first-order valence-electron chi connectivity index (χ1n) is 8.69. The molecule has 154 valence electrons. The Labute approximate surface area is 172 Å². The zero-order valence-electron chi connectivity index (χ0n) is 15.8. The summed E-state index contributed by atoms with van der Waals surface area (Å²) in [6, 6.07) is 10.9. The van der Waals surface area contributed by atoms with Gasteiger partial charge >= 0.3 is 11.7 Å². The second-order valence-corrected chi connectivity index (χ2v) is 8.96. The Kier molecular flexibility index (Phi) is 6.11. The molecular formula is C19H19ClN2O6S. The quantitative estimate of drug-likeness (QED) is 0.415. The standard InChI is InChI=1S/C19H19ClN2O6S/c1-21(2)29(25,26)13-8-9-15(20)14(12-13)18(23)27-11-5-10-22-16-6-3-4-7-17(16)28-19(22)24/h3-4,6-9,12H,5,10-11H2,1-2H3. The number of rotatable bonds is 7. The van der Waals surface area contributed by atoms with Gasteiger partial charge in [-0.15, -0.1) is 0 Å². The maximum atomic E-state index is 12.4. The SMILES string of the molecule is CN(C)S(=O)(=O)c1ccc(Cl)c(C(=O)OCCCn2c(=O)oc3ccccc32)c1. The highest BCUT2D eigenvalue weighted by molar-refractivity contribution is 7.89. The highest BCUT2D eigenvalue weighted by Crippen LogP contribution is 2.23. The van der Waals surface area contributed by atoms with Crippen molar-refractivity contribution in [2.24, 2.45) is 0 Å². The first kappa shape index (κ1) is 21.1. The number of benzene rings is 2. The van der Waals surface area contributed by atoms with Crippen molar-refractivity contribution in [2.75, 3.05) is 20.7 Å². The highest BCUT2D eigenvalue weighted by atomic mass is 35.5. The van der Waals surface area contributed by atoms with Gasteiger partial charge in [0.15, 0.2) is 5.58 Å². The van der Waals surface area contributed by atoms with Gasteiger partial charge in [-0.2, -0.15) is 0 Å². The van der Waals surface area contributed by atoms with Crippen LogP contribution in [-0.4, -0.2) is 44.0 Å². The van der Waals surface area contributed by atoms with E-state index in [1.807, 2.05) is 0 Å². The summed E-state index contributed by atoms with van der Waals surface area (Å²) in [6.07, 6.45) is 0.364. The molecule has 3 rings (SSSR count). The van der Waals surface area contributed by atoms with E-state index >= 15 is 0 Å². The van der Waals surface area contributed by atoms with Crippen LogP contribution in [0.4, 0.5) is 0 Å². The normalized spacial score (nSPS) is 11.9. The molecule has 0 bridgehead atoms. The van der Waals surface area contributed by atoms with Crippen molar-refractivity contribution in [1.29, 1.82) is 0 Å². The van der Waals surface area contributed by atoms with Crippen LogP contribution in [0.2, 0.25) is 5.02 Å². The molecule has 0 fully saturated rings. The van der Waals surface area contributed by atoms with Crippen molar-refractivity contribution in [3.63, 3.8) is 0 Å². The molecule has 2 aromatic carbocycles. The Hall–Kier alpha value is -2.62. The molecule has 10 heteroatoms. The van der Waals surface area contributed by atoms with Crippen molar-refractivity contribution >= 4 is 38.7 Å². The summed E-state index contributed by atoms with van der Waals surface area (Å²) in [7, 11) is -0.927. The Balaban J connectivity index is 1.67. The number of hydrogen-bond acceptors (Lipinski definition) is 6. The lowest BCUT2D eigenvalue weighted by atomic mass is 10.2. The van der Waals surface area contributed by atoms with Gasteiger partial charge in [-0.25, -0.2) is 22.3 Å². The summed E-state index contributed by atoms with van der Waals surface area (Å²) >= 11 is 6.03. The molecule has 8 nitrogen and oxygen atoms in total. The summed E-state index contributed by atoms with van der Waals surface area (Å²) in [5, 5.41) is 0.0877. The van der Waals surface area contributed by atoms with Crippen LogP contribution in [0.3, 0.4) is 0 Å². The first-order valence-corrected chi connectivity index (χ1v) is 10.5. The van der Waals surface area contributed by atoms with Gasteiger partial charge in [0, 0.05) is 20.6 Å². The lowest BCUT2D eigenvalue weighted by Gasteiger charge is -2.13. The third-order valence-corrected chi connectivity index (χ3v) is 6.41. The van der Waals surface area contributed by atoms with Gasteiger partial charge in [0.25, 0.3) is 0 Å². The molecule has 3 aromatic rings.